The van der Waals surface area contributed by atoms with Crippen LogP contribution < -0.4 is 20.1 Å². The number of guanidine groups is 1. The second-order valence-corrected chi connectivity index (χ2v) is 6.46. The van der Waals surface area contributed by atoms with Crippen LogP contribution >= 0.6 is 24.0 Å². The molecule has 0 amide bonds. The van der Waals surface area contributed by atoms with Gasteiger partial charge in [-0.1, -0.05) is 25.5 Å². The molecule has 166 valence electrons. The largest absolute Gasteiger partial charge is 0.497 e. The average molecular weight is 528 g/mol. The van der Waals surface area contributed by atoms with Crippen LogP contribution in [0, 0.1) is 0 Å². The third kappa shape index (κ3) is 10.1. The molecule has 0 aliphatic heterocycles. The minimum absolute atomic E-state index is 0. The average Bonchev–Trinajstić information content (AvgIpc) is 2.76. The third-order valence-corrected chi connectivity index (χ3v) is 4.14. The van der Waals surface area contributed by atoms with Crippen LogP contribution in [0.4, 0.5) is 0 Å². The fraction of sp³-hybridized carbons (Fsp3) is 0.455. The summed E-state index contributed by atoms with van der Waals surface area (Å²) in [5.74, 6) is 2.73. The van der Waals surface area contributed by atoms with Crippen molar-refractivity contribution in [1.29, 1.82) is 0 Å². The second-order valence-electron chi connectivity index (χ2n) is 6.46. The van der Waals surface area contributed by atoms with E-state index in [1.807, 2.05) is 36.4 Å². The first-order chi connectivity index (χ1) is 14.2. The van der Waals surface area contributed by atoms with E-state index in [0.29, 0.717) is 18.2 Å². The minimum atomic E-state index is 0. The van der Waals surface area contributed by atoms with Crippen molar-refractivity contribution in [2.45, 2.75) is 32.7 Å². The van der Waals surface area contributed by atoms with Gasteiger partial charge in [0.15, 0.2) is 5.96 Å². The van der Waals surface area contributed by atoms with Crippen molar-refractivity contribution in [3.8, 4) is 17.4 Å². The number of unbranched alkanes of at least 4 members (excludes halogenated alkanes) is 1. The number of hydrogen-bond acceptors (Lipinski definition) is 5. The Morgan fingerprint density at radius 3 is 2.57 bits per heavy atom. The lowest BCUT2D eigenvalue weighted by molar-refractivity contribution is 0.129. The molecular weight excluding hydrogens is 495 g/mol. The second kappa shape index (κ2) is 15.7. The Labute approximate surface area is 196 Å². The topological polar surface area (TPSA) is 77.0 Å². The lowest BCUT2D eigenvalue weighted by Gasteiger charge is -2.12. The molecule has 0 fully saturated rings. The Kier molecular flexibility index (Phi) is 13.6. The lowest BCUT2D eigenvalue weighted by Crippen LogP contribution is -2.37. The van der Waals surface area contributed by atoms with Crippen LogP contribution in [0.25, 0.3) is 0 Å². The summed E-state index contributed by atoms with van der Waals surface area (Å²) in [6, 6.07) is 11.3. The number of pyridine rings is 1. The molecule has 0 radical (unpaired) electrons. The number of aliphatic imine (C=N–C) groups is 1. The molecule has 2 N–H and O–H groups in total. The lowest BCUT2D eigenvalue weighted by atomic mass is 10.3. The van der Waals surface area contributed by atoms with E-state index in [4.69, 9.17) is 14.2 Å². The van der Waals surface area contributed by atoms with E-state index in [9.17, 15) is 0 Å². The number of halogens is 1. The predicted molar refractivity (Wildman–Crippen MR) is 131 cm³/mol. The third-order valence-electron chi connectivity index (χ3n) is 4.14. The molecule has 1 heterocycles. The van der Waals surface area contributed by atoms with Crippen molar-refractivity contribution < 1.29 is 14.2 Å². The highest BCUT2D eigenvalue weighted by atomic mass is 127. The van der Waals surface area contributed by atoms with E-state index < -0.39 is 0 Å². The fourth-order valence-corrected chi connectivity index (χ4v) is 2.50. The number of hydrogen-bond donors (Lipinski definition) is 2. The molecule has 7 nitrogen and oxygen atoms in total. The number of benzene rings is 1. The Morgan fingerprint density at radius 1 is 1.07 bits per heavy atom. The van der Waals surface area contributed by atoms with Crippen LogP contribution in [-0.4, -0.2) is 44.9 Å². The molecule has 2 aromatic rings. The van der Waals surface area contributed by atoms with Crippen molar-refractivity contribution in [2.24, 2.45) is 4.99 Å². The molecule has 1 aromatic heterocycles. The van der Waals surface area contributed by atoms with E-state index in [2.05, 4.69) is 27.5 Å². The molecule has 0 atom stereocenters. The molecule has 8 heteroatoms. The summed E-state index contributed by atoms with van der Waals surface area (Å²) in [5.41, 5.74) is 1.04. The first-order valence-corrected chi connectivity index (χ1v) is 10.0. The number of methoxy groups -OCH3 is 1. The summed E-state index contributed by atoms with van der Waals surface area (Å²) in [6.45, 7) is 5.21. The summed E-state index contributed by atoms with van der Waals surface area (Å²) in [6.07, 6.45) is 5.02. The molecular formula is C22H33IN4O3. The van der Waals surface area contributed by atoms with E-state index in [-0.39, 0.29) is 24.0 Å². The van der Waals surface area contributed by atoms with Crippen LogP contribution in [-0.2, 0) is 11.3 Å². The van der Waals surface area contributed by atoms with Gasteiger partial charge in [0.1, 0.15) is 11.5 Å². The molecule has 30 heavy (non-hydrogen) atoms. The van der Waals surface area contributed by atoms with Gasteiger partial charge in [-0.3, -0.25) is 4.99 Å². The molecule has 1 aromatic carbocycles. The van der Waals surface area contributed by atoms with Crippen molar-refractivity contribution in [1.82, 2.24) is 15.6 Å². The Morgan fingerprint density at radius 2 is 1.87 bits per heavy atom. The van der Waals surface area contributed by atoms with Crippen LogP contribution in [0.15, 0.2) is 47.6 Å². The van der Waals surface area contributed by atoms with Gasteiger partial charge in [-0.05, 0) is 30.5 Å². The first-order valence-electron chi connectivity index (χ1n) is 10.0. The smallest absolute Gasteiger partial charge is 0.219 e. The van der Waals surface area contributed by atoms with Gasteiger partial charge in [0.25, 0.3) is 0 Å². The zero-order valence-corrected chi connectivity index (χ0v) is 20.3. The molecule has 0 saturated heterocycles. The molecule has 0 unspecified atom stereocenters. The first kappa shape index (κ1) is 26.0. The van der Waals surface area contributed by atoms with Crippen LogP contribution in [0.2, 0.25) is 0 Å². The maximum atomic E-state index is 5.76. The summed E-state index contributed by atoms with van der Waals surface area (Å²) in [5, 5.41) is 6.57. The zero-order valence-electron chi connectivity index (χ0n) is 18.0. The molecule has 0 aliphatic rings. The van der Waals surface area contributed by atoms with Crippen LogP contribution in [0.5, 0.6) is 17.4 Å². The quantitative estimate of drug-likeness (QED) is 0.185. The highest BCUT2D eigenvalue weighted by Crippen LogP contribution is 2.23. The molecule has 0 saturated carbocycles. The number of aromatic nitrogens is 1. The van der Waals surface area contributed by atoms with Crippen LogP contribution in [0.3, 0.4) is 0 Å². The summed E-state index contributed by atoms with van der Waals surface area (Å²) < 4.78 is 16.5. The Hall–Kier alpha value is -2.07. The van der Waals surface area contributed by atoms with Gasteiger partial charge in [-0.25, -0.2) is 4.98 Å². The molecule has 0 bridgehead atoms. The highest BCUT2D eigenvalue weighted by Gasteiger charge is 2.03. The summed E-state index contributed by atoms with van der Waals surface area (Å²) in [4.78, 5) is 8.60. The van der Waals surface area contributed by atoms with Gasteiger partial charge in [-0.15, -0.1) is 24.0 Å². The van der Waals surface area contributed by atoms with Gasteiger partial charge < -0.3 is 24.8 Å². The van der Waals surface area contributed by atoms with Crippen LogP contribution in [0.1, 0.15) is 31.7 Å². The Bertz CT molecular complexity index is 741. The van der Waals surface area contributed by atoms with Crippen molar-refractivity contribution in [3.63, 3.8) is 0 Å². The Balaban J connectivity index is 0.00000450. The van der Waals surface area contributed by atoms with Gasteiger partial charge in [0.2, 0.25) is 5.88 Å². The number of ether oxygens (including phenoxy) is 3. The predicted octanol–water partition coefficient (Wildman–Crippen LogP) is 4.37. The highest BCUT2D eigenvalue weighted by molar-refractivity contribution is 14.0. The SMILES string of the molecule is CCCCOCCCNC(=NC)NCc1ccc(Oc2cccc(OC)c2)nc1.I. The van der Waals surface area contributed by atoms with Gasteiger partial charge in [-0.2, -0.15) is 0 Å². The van der Waals surface area contributed by atoms with Crippen molar-refractivity contribution in [2.75, 3.05) is 33.9 Å². The van der Waals surface area contributed by atoms with Gasteiger partial charge in [0, 0.05) is 51.7 Å². The van der Waals surface area contributed by atoms with Crippen molar-refractivity contribution >= 4 is 29.9 Å². The normalized spacial score (nSPS) is 10.8. The number of nitrogens with zero attached hydrogens (tertiary/aromatic N) is 2. The van der Waals surface area contributed by atoms with E-state index in [0.717, 1.165) is 56.3 Å². The minimum Gasteiger partial charge on any atom is -0.497 e. The fourth-order valence-electron chi connectivity index (χ4n) is 2.50. The van der Waals surface area contributed by atoms with Crippen molar-refractivity contribution in [3.05, 3.63) is 48.2 Å². The molecule has 2 rings (SSSR count). The zero-order chi connectivity index (χ0) is 20.7. The van der Waals surface area contributed by atoms with E-state index in [1.54, 1.807) is 20.4 Å². The van der Waals surface area contributed by atoms with Gasteiger partial charge >= 0.3 is 0 Å². The van der Waals surface area contributed by atoms with Gasteiger partial charge in [0.05, 0.1) is 7.11 Å². The maximum absolute atomic E-state index is 5.76. The van der Waals surface area contributed by atoms with E-state index >= 15 is 0 Å². The molecule has 0 aliphatic carbocycles. The standard InChI is InChI=1S/C22H32N4O3.HI/c1-4-5-13-28-14-7-12-24-22(23-2)26-17-18-10-11-21(25-16-18)29-20-9-6-8-19(15-20)27-3;/h6,8-11,15-16H,4-5,7,12-14,17H2,1-3H3,(H2,23,24,26);1H. The summed E-state index contributed by atoms with van der Waals surface area (Å²) >= 11 is 0. The monoisotopic (exact) mass is 528 g/mol. The summed E-state index contributed by atoms with van der Waals surface area (Å²) in [7, 11) is 3.39. The maximum Gasteiger partial charge on any atom is 0.219 e. The van der Waals surface area contributed by atoms with E-state index in [1.165, 1.54) is 0 Å². The number of rotatable bonds is 12. The number of nitrogens with one attached hydrogen (secondary N) is 2. The molecule has 0 spiro atoms.